The van der Waals surface area contributed by atoms with Crippen LogP contribution >= 0.6 is 28.1 Å². The number of anilines is 1. The van der Waals surface area contributed by atoms with Crippen molar-refractivity contribution in [1.29, 1.82) is 5.41 Å². The van der Waals surface area contributed by atoms with Gasteiger partial charge in [-0.15, -0.1) is 0 Å². The molecule has 0 fully saturated rings. The molecule has 15 heavy (non-hydrogen) atoms. The molecule has 0 aromatic heterocycles. The molecule has 80 valence electrons. The van der Waals surface area contributed by atoms with Crippen molar-refractivity contribution < 1.29 is 0 Å². The van der Waals surface area contributed by atoms with Crippen LogP contribution in [0.5, 0.6) is 0 Å². The molecule has 0 bridgehead atoms. The highest BCUT2D eigenvalue weighted by atomic mass is 79.9. The zero-order chi connectivity index (χ0) is 11.4. The zero-order valence-corrected chi connectivity index (χ0v) is 10.5. The smallest absolute Gasteiger partial charge is 0.192 e. The summed E-state index contributed by atoms with van der Waals surface area (Å²) in [5.41, 5.74) is 7.08. The molecule has 0 spiro atoms. The molecule has 1 aromatic rings. The lowest BCUT2D eigenvalue weighted by atomic mass is 10.2. The van der Waals surface area contributed by atoms with Gasteiger partial charge in [-0.1, -0.05) is 12.1 Å². The van der Waals surface area contributed by atoms with E-state index < -0.39 is 0 Å². The summed E-state index contributed by atoms with van der Waals surface area (Å²) in [6.07, 6.45) is 0. The Morgan fingerprint density at radius 3 is 2.73 bits per heavy atom. The lowest BCUT2D eigenvalue weighted by molar-refractivity contribution is 1.25. The largest absolute Gasteiger partial charge is 0.370 e. The maximum atomic E-state index is 7.03. The second-order valence-corrected chi connectivity index (χ2v) is 4.19. The number of hydrogen-bond acceptors (Lipinski definition) is 2. The molecular formula is C9H11BrN4S. The summed E-state index contributed by atoms with van der Waals surface area (Å²) in [5.74, 6) is -0.183. The third-order valence-electron chi connectivity index (χ3n) is 1.71. The summed E-state index contributed by atoms with van der Waals surface area (Å²) in [6, 6.07) is 5.81. The van der Waals surface area contributed by atoms with Crippen LogP contribution in [-0.2, 0) is 0 Å². The lowest BCUT2D eigenvalue weighted by Gasteiger charge is -2.12. The van der Waals surface area contributed by atoms with E-state index in [0.717, 1.165) is 15.7 Å². The summed E-state index contributed by atoms with van der Waals surface area (Å²) in [6.45, 7) is 1.96. The Labute approximate surface area is 102 Å². The van der Waals surface area contributed by atoms with E-state index in [-0.39, 0.29) is 5.96 Å². The second-order valence-electron chi connectivity index (χ2n) is 2.92. The SMILES string of the molecule is Cc1cccc(Br)c1NC(=S)NC(=N)N. The van der Waals surface area contributed by atoms with Gasteiger partial charge in [0.15, 0.2) is 11.1 Å². The Morgan fingerprint density at radius 2 is 2.20 bits per heavy atom. The minimum absolute atomic E-state index is 0.183. The Bertz CT molecular complexity index is 385. The van der Waals surface area contributed by atoms with Gasteiger partial charge in [0.2, 0.25) is 0 Å². The highest BCUT2D eigenvalue weighted by Gasteiger charge is 2.05. The van der Waals surface area contributed by atoms with E-state index in [4.69, 9.17) is 23.4 Å². The number of aryl methyl sites for hydroxylation is 1. The van der Waals surface area contributed by atoms with Gasteiger partial charge in [-0.2, -0.15) is 0 Å². The first-order valence-corrected chi connectivity index (χ1v) is 5.38. The number of nitrogens with one attached hydrogen (secondary N) is 3. The molecule has 0 amide bonds. The molecule has 4 nitrogen and oxygen atoms in total. The summed E-state index contributed by atoms with van der Waals surface area (Å²) >= 11 is 8.37. The standard InChI is InChI=1S/C9H11BrN4S/c1-5-3-2-4-6(10)7(5)13-9(15)14-8(11)12/h2-4H,1H3,(H5,11,12,13,14,15). The van der Waals surface area contributed by atoms with E-state index in [0.29, 0.717) is 5.11 Å². The van der Waals surface area contributed by atoms with Crippen molar-refractivity contribution in [3.05, 3.63) is 28.2 Å². The number of benzene rings is 1. The normalized spacial score (nSPS) is 9.47. The molecule has 0 radical (unpaired) electrons. The van der Waals surface area contributed by atoms with E-state index in [1.807, 2.05) is 25.1 Å². The van der Waals surface area contributed by atoms with Gasteiger partial charge in [0.1, 0.15) is 0 Å². The van der Waals surface area contributed by atoms with E-state index in [2.05, 4.69) is 26.6 Å². The molecule has 0 aliphatic heterocycles. The first-order chi connectivity index (χ1) is 7.00. The molecule has 0 heterocycles. The van der Waals surface area contributed by atoms with E-state index >= 15 is 0 Å². The average molecular weight is 287 g/mol. The zero-order valence-electron chi connectivity index (χ0n) is 8.10. The van der Waals surface area contributed by atoms with E-state index in [9.17, 15) is 0 Å². The number of rotatable bonds is 1. The molecule has 0 atom stereocenters. The molecule has 1 rings (SSSR count). The molecule has 0 aliphatic carbocycles. The highest BCUT2D eigenvalue weighted by Crippen LogP contribution is 2.25. The van der Waals surface area contributed by atoms with Gasteiger partial charge in [-0.05, 0) is 46.7 Å². The maximum absolute atomic E-state index is 7.03. The number of nitrogens with two attached hydrogens (primary N) is 1. The molecule has 6 heteroatoms. The fraction of sp³-hybridized carbons (Fsp3) is 0.111. The minimum Gasteiger partial charge on any atom is -0.370 e. The van der Waals surface area contributed by atoms with Crippen molar-refractivity contribution in [2.45, 2.75) is 6.92 Å². The van der Waals surface area contributed by atoms with Crippen molar-refractivity contribution in [2.75, 3.05) is 5.32 Å². The quantitative estimate of drug-likeness (QED) is 0.362. The Kier molecular flexibility index (Phi) is 4.05. The first-order valence-electron chi connectivity index (χ1n) is 4.18. The van der Waals surface area contributed by atoms with Gasteiger partial charge < -0.3 is 16.4 Å². The number of guanidine groups is 1. The van der Waals surface area contributed by atoms with Gasteiger partial charge in [0.25, 0.3) is 0 Å². The summed E-state index contributed by atoms with van der Waals surface area (Å²) in [5, 5.41) is 12.8. The van der Waals surface area contributed by atoms with Crippen LogP contribution in [0.15, 0.2) is 22.7 Å². The van der Waals surface area contributed by atoms with Gasteiger partial charge in [-0.3, -0.25) is 5.41 Å². The molecule has 0 unspecified atom stereocenters. The van der Waals surface area contributed by atoms with Crippen molar-refractivity contribution in [3.8, 4) is 0 Å². The topological polar surface area (TPSA) is 73.9 Å². The fourth-order valence-corrected chi connectivity index (χ4v) is 1.83. The second kappa shape index (κ2) is 5.09. The Morgan fingerprint density at radius 1 is 1.53 bits per heavy atom. The van der Waals surface area contributed by atoms with Crippen LogP contribution < -0.4 is 16.4 Å². The average Bonchev–Trinajstić information content (AvgIpc) is 2.10. The number of thiocarbonyl (C=S) groups is 1. The monoisotopic (exact) mass is 286 g/mol. The summed E-state index contributed by atoms with van der Waals surface area (Å²) in [7, 11) is 0. The van der Waals surface area contributed by atoms with Crippen LogP contribution in [-0.4, -0.2) is 11.1 Å². The highest BCUT2D eigenvalue weighted by molar-refractivity contribution is 9.10. The predicted octanol–water partition coefficient (Wildman–Crippen LogP) is 1.94. The van der Waals surface area contributed by atoms with Gasteiger partial charge in [-0.25, -0.2) is 0 Å². The van der Waals surface area contributed by atoms with Crippen LogP contribution in [0.4, 0.5) is 5.69 Å². The third kappa shape index (κ3) is 3.49. The van der Waals surface area contributed by atoms with Crippen LogP contribution in [0.2, 0.25) is 0 Å². The third-order valence-corrected chi connectivity index (χ3v) is 2.57. The van der Waals surface area contributed by atoms with Gasteiger partial charge >= 0.3 is 0 Å². The maximum Gasteiger partial charge on any atom is 0.192 e. The van der Waals surface area contributed by atoms with Gasteiger partial charge in [0.05, 0.1) is 5.69 Å². The van der Waals surface area contributed by atoms with Crippen LogP contribution in [0.1, 0.15) is 5.56 Å². The molecule has 5 N–H and O–H groups in total. The number of hydrogen-bond donors (Lipinski definition) is 4. The van der Waals surface area contributed by atoms with Crippen molar-refractivity contribution in [1.82, 2.24) is 5.32 Å². The van der Waals surface area contributed by atoms with Crippen molar-refractivity contribution in [3.63, 3.8) is 0 Å². The van der Waals surface area contributed by atoms with Crippen LogP contribution in [0.3, 0.4) is 0 Å². The van der Waals surface area contributed by atoms with Crippen LogP contribution in [0, 0.1) is 12.3 Å². The van der Waals surface area contributed by atoms with Crippen molar-refractivity contribution in [2.24, 2.45) is 5.73 Å². The minimum atomic E-state index is -0.183. The summed E-state index contributed by atoms with van der Waals surface area (Å²) in [4.78, 5) is 0. The summed E-state index contributed by atoms with van der Waals surface area (Å²) < 4.78 is 0.912. The van der Waals surface area contributed by atoms with Crippen molar-refractivity contribution >= 4 is 44.9 Å². The molecule has 0 aliphatic rings. The predicted molar refractivity (Wildman–Crippen MR) is 70.1 cm³/mol. The molecule has 1 aromatic carbocycles. The fourth-order valence-electron chi connectivity index (χ4n) is 1.06. The molecule has 0 saturated heterocycles. The number of halogens is 1. The van der Waals surface area contributed by atoms with E-state index in [1.54, 1.807) is 0 Å². The molecular weight excluding hydrogens is 276 g/mol. The molecule has 0 saturated carbocycles. The first kappa shape index (κ1) is 11.9. The Hall–Kier alpha value is -1.14. The number of para-hydroxylation sites is 1. The van der Waals surface area contributed by atoms with E-state index in [1.165, 1.54) is 0 Å². The lowest BCUT2D eigenvalue weighted by Crippen LogP contribution is -2.38. The van der Waals surface area contributed by atoms with Crippen LogP contribution in [0.25, 0.3) is 0 Å². The Balaban J connectivity index is 2.80. The van der Waals surface area contributed by atoms with Gasteiger partial charge in [0, 0.05) is 4.47 Å².